The van der Waals surface area contributed by atoms with Gasteiger partial charge in [0.1, 0.15) is 0 Å². The average molecular weight is 276 g/mol. The van der Waals surface area contributed by atoms with Gasteiger partial charge in [0.2, 0.25) is 0 Å². The van der Waals surface area contributed by atoms with E-state index in [9.17, 15) is 4.79 Å². The second-order valence-corrected chi connectivity index (χ2v) is 4.84. The minimum absolute atomic E-state index is 0.364. The molecule has 2 aromatic carbocycles. The zero-order chi connectivity index (χ0) is 14.2. The van der Waals surface area contributed by atoms with Gasteiger partial charge in [-0.05, 0) is 18.2 Å². The first kappa shape index (κ1) is 11.8. The molecule has 102 valence electrons. The van der Waals surface area contributed by atoms with E-state index in [1.807, 2.05) is 48.5 Å². The zero-order valence-corrected chi connectivity index (χ0v) is 11.1. The molecule has 0 fully saturated rings. The highest BCUT2D eigenvalue weighted by molar-refractivity contribution is 6.05. The first-order chi connectivity index (χ1) is 10.3. The van der Waals surface area contributed by atoms with Gasteiger partial charge in [0, 0.05) is 34.2 Å². The molecule has 21 heavy (non-hydrogen) atoms. The molecule has 4 nitrogen and oxygen atoms in total. The molecule has 4 aromatic rings. The minimum atomic E-state index is -0.364. The van der Waals surface area contributed by atoms with E-state index in [0.29, 0.717) is 11.3 Å². The molecule has 0 bridgehead atoms. The largest absolute Gasteiger partial charge is 0.421 e. The lowest BCUT2D eigenvalue weighted by Crippen LogP contribution is -2.07. The normalized spacial score (nSPS) is 11.0. The van der Waals surface area contributed by atoms with Crippen LogP contribution in [0.15, 0.2) is 60.9 Å². The van der Waals surface area contributed by atoms with E-state index in [1.165, 1.54) is 0 Å². The molecular formula is C17H12N2O2. The smallest absolute Gasteiger partial charge is 0.345 e. The van der Waals surface area contributed by atoms with Gasteiger partial charge in [-0.15, -0.1) is 0 Å². The van der Waals surface area contributed by atoms with E-state index in [0.717, 1.165) is 21.8 Å². The number of aromatic nitrogens is 2. The summed E-state index contributed by atoms with van der Waals surface area (Å²) in [6.45, 7) is 0. The highest BCUT2D eigenvalue weighted by Crippen LogP contribution is 2.27. The van der Waals surface area contributed by atoms with Gasteiger partial charge in [0.25, 0.3) is 0 Å². The van der Waals surface area contributed by atoms with Crippen molar-refractivity contribution in [3.63, 3.8) is 0 Å². The van der Waals surface area contributed by atoms with Crippen LogP contribution in [-0.4, -0.2) is 15.9 Å². The average Bonchev–Trinajstić information content (AvgIpc) is 3.12. The number of carbonyl (C=O) groups excluding carboxylic acids is 1. The van der Waals surface area contributed by atoms with Crippen LogP contribution in [-0.2, 0) is 0 Å². The molecule has 2 heterocycles. The number of hydrogen-bond donors (Lipinski definition) is 2. The van der Waals surface area contributed by atoms with Crippen LogP contribution in [0.1, 0.15) is 10.4 Å². The summed E-state index contributed by atoms with van der Waals surface area (Å²) in [5.41, 5.74) is 2.40. The van der Waals surface area contributed by atoms with Crippen LogP contribution in [0.5, 0.6) is 5.75 Å². The Bertz CT molecular complexity index is 949. The van der Waals surface area contributed by atoms with Crippen LogP contribution in [0.4, 0.5) is 0 Å². The van der Waals surface area contributed by atoms with Crippen LogP contribution in [0, 0.1) is 0 Å². The predicted molar refractivity (Wildman–Crippen MR) is 81.6 cm³/mol. The van der Waals surface area contributed by atoms with Crippen molar-refractivity contribution in [3.05, 3.63) is 66.5 Å². The van der Waals surface area contributed by atoms with E-state index >= 15 is 0 Å². The molecule has 0 unspecified atom stereocenters. The third-order valence-corrected chi connectivity index (χ3v) is 3.56. The fourth-order valence-electron chi connectivity index (χ4n) is 2.52. The fraction of sp³-hybridized carbons (Fsp3) is 0. The maximum atomic E-state index is 12.4. The van der Waals surface area contributed by atoms with Gasteiger partial charge in [0.05, 0.1) is 5.56 Å². The molecule has 0 aliphatic rings. The summed E-state index contributed by atoms with van der Waals surface area (Å²) in [5, 5.41) is 1.76. The summed E-state index contributed by atoms with van der Waals surface area (Å²) in [4.78, 5) is 18.5. The molecule has 0 saturated carbocycles. The summed E-state index contributed by atoms with van der Waals surface area (Å²) in [5.74, 6) is 0.179. The molecule has 4 rings (SSSR count). The Labute approximate surface area is 120 Å². The number of esters is 1. The predicted octanol–water partition coefficient (Wildman–Crippen LogP) is 3.87. The van der Waals surface area contributed by atoms with Crippen LogP contribution in [0.2, 0.25) is 0 Å². The Kier molecular flexibility index (Phi) is 2.54. The van der Waals surface area contributed by atoms with Gasteiger partial charge < -0.3 is 14.7 Å². The second-order valence-electron chi connectivity index (χ2n) is 4.84. The van der Waals surface area contributed by atoms with Crippen molar-refractivity contribution in [2.45, 2.75) is 0 Å². The summed E-state index contributed by atoms with van der Waals surface area (Å²) < 4.78 is 5.53. The number of H-pyrrole nitrogens is 2. The van der Waals surface area contributed by atoms with Crippen LogP contribution < -0.4 is 4.74 Å². The Morgan fingerprint density at radius 1 is 0.810 bits per heavy atom. The number of benzene rings is 2. The minimum Gasteiger partial charge on any atom is -0.421 e. The molecule has 0 saturated heterocycles. The number of rotatable bonds is 2. The Morgan fingerprint density at radius 3 is 2.24 bits per heavy atom. The van der Waals surface area contributed by atoms with Gasteiger partial charge in [0.15, 0.2) is 5.75 Å². The van der Waals surface area contributed by atoms with Gasteiger partial charge >= 0.3 is 5.97 Å². The van der Waals surface area contributed by atoms with Crippen molar-refractivity contribution in [3.8, 4) is 5.75 Å². The summed E-state index contributed by atoms with van der Waals surface area (Å²) in [6, 6.07) is 15.4. The first-order valence-electron chi connectivity index (χ1n) is 6.67. The van der Waals surface area contributed by atoms with E-state index < -0.39 is 0 Å². The van der Waals surface area contributed by atoms with Crippen molar-refractivity contribution >= 4 is 27.8 Å². The maximum Gasteiger partial charge on any atom is 0.345 e. The quantitative estimate of drug-likeness (QED) is 0.546. The third-order valence-electron chi connectivity index (χ3n) is 3.56. The molecular weight excluding hydrogens is 264 g/mol. The Balaban J connectivity index is 1.72. The maximum absolute atomic E-state index is 12.4. The highest BCUT2D eigenvalue weighted by Gasteiger charge is 2.15. The number of nitrogens with one attached hydrogen (secondary N) is 2. The van der Waals surface area contributed by atoms with Gasteiger partial charge in [-0.3, -0.25) is 0 Å². The number of ether oxygens (including phenoxy) is 1. The molecule has 2 aromatic heterocycles. The number of para-hydroxylation sites is 2. The van der Waals surface area contributed by atoms with Crippen LogP contribution in [0.25, 0.3) is 21.8 Å². The standard InChI is InChI=1S/C17H12N2O2/c20-17(13-9-18-14-7-3-1-5-11(13)14)21-16-10-19-15-8-4-2-6-12(15)16/h1-10,18-19H. The second kappa shape index (κ2) is 4.52. The van der Waals surface area contributed by atoms with Crippen LogP contribution >= 0.6 is 0 Å². The molecule has 0 spiro atoms. The monoisotopic (exact) mass is 276 g/mol. The van der Waals surface area contributed by atoms with Crippen LogP contribution in [0.3, 0.4) is 0 Å². The Morgan fingerprint density at radius 2 is 1.43 bits per heavy atom. The van der Waals surface area contributed by atoms with Gasteiger partial charge in [-0.25, -0.2) is 4.79 Å². The topological polar surface area (TPSA) is 57.9 Å². The summed E-state index contributed by atoms with van der Waals surface area (Å²) >= 11 is 0. The van der Waals surface area contributed by atoms with Gasteiger partial charge in [-0.2, -0.15) is 0 Å². The number of hydrogen-bond acceptors (Lipinski definition) is 2. The molecule has 0 atom stereocenters. The van der Waals surface area contributed by atoms with E-state index in [4.69, 9.17) is 4.74 Å². The Hall–Kier alpha value is -3.01. The SMILES string of the molecule is O=C(Oc1c[nH]c2ccccc12)c1c[nH]c2ccccc12. The molecule has 2 N–H and O–H groups in total. The third kappa shape index (κ3) is 1.89. The lowest BCUT2D eigenvalue weighted by atomic mass is 10.2. The highest BCUT2D eigenvalue weighted by atomic mass is 16.5. The molecule has 4 heteroatoms. The molecule has 0 aliphatic heterocycles. The van der Waals surface area contributed by atoms with Crippen molar-refractivity contribution in [1.82, 2.24) is 9.97 Å². The zero-order valence-electron chi connectivity index (χ0n) is 11.1. The fourth-order valence-corrected chi connectivity index (χ4v) is 2.52. The number of fused-ring (bicyclic) bond motifs is 2. The lowest BCUT2D eigenvalue weighted by Gasteiger charge is -2.01. The number of aromatic amines is 2. The van der Waals surface area contributed by atoms with Crippen molar-refractivity contribution in [2.75, 3.05) is 0 Å². The summed E-state index contributed by atoms with van der Waals surface area (Å²) in [7, 11) is 0. The first-order valence-corrected chi connectivity index (χ1v) is 6.67. The molecule has 0 aliphatic carbocycles. The number of carbonyl (C=O) groups is 1. The van der Waals surface area contributed by atoms with Crippen molar-refractivity contribution in [1.29, 1.82) is 0 Å². The lowest BCUT2D eigenvalue weighted by molar-refractivity contribution is 0.0739. The van der Waals surface area contributed by atoms with Gasteiger partial charge in [-0.1, -0.05) is 30.3 Å². The van der Waals surface area contributed by atoms with E-state index in [2.05, 4.69) is 9.97 Å². The molecule has 0 radical (unpaired) electrons. The van der Waals surface area contributed by atoms with E-state index in [1.54, 1.807) is 12.4 Å². The van der Waals surface area contributed by atoms with Crippen molar-refractivity contribution < 1.29 is 9.53 Å². The van der Waals surface area contributed by atoms with E-state index in [-0.39, 0.29) is 5.97 Å². The molecule has 0 amide bonds. The summed E-state index contributed by atoms with van der Waals surface area (Å²) in [6.07, 6.45) is 3.39. The van der Waals surface area contributed by atoms with Crippen molar-refractivity contribution in [2.24, 2.45) is 0 Å².